The first-order valence-electron chi connectivity index (χ1n) is 6.99. The van der Waals surface area contributed by atoms with Gasteiger partial charge in [-0.3, -0.25) is 9.59 Å². The average molecular weight is 282 g/mol. The number of hydrogen-bond donors (Lipinski definition) is 0. The molecule has 0 spiro atoms. The van der Waals surface area contributed by atoms with Gasteiger partial charge in [0.05, 0.1) is 12.5 Å². The third kappa shape index (κ3) is 3.57. The topological polar surface area (TPSA) is 43.4 Å². The fraction of sp³-hybridized carbons (Fsp3) is 0.222. The fourth-order valence-corrected chi connectivity index (χ4v) is 2.11. The molecule has 0 aliphatic carbocycles. The predicted molar refractivity (Wildman–Crippen MR) is 81.4 cm³/mol. The van der Waals surface area contributed by atoms with Crippen molar-refractivity contribution in [1.29, 1.82) is 0 Å². The highest BCUT2D eigenvalue weighted by Crippen LogP contribution is 2.20. The molecule has 0 N–H and O–H groups in total. The van der Waals surface area contributed by atoms with Crippen molar-refractivity contribution >= 4 is 11.8 Å². The molecule has 0 aliphatic rings. The number of esters is 1. The smallest absolute Gasteiger partial charge is 0.313 e. The molecule has 0 saturated heterocycles. The molecular formula is C18H18O3. The van der Waals surface area contributed by atoms with Gasteiger partial charge in [-0.15, -0.1) is 0 Å². The average Bonchev–Trinajstić information content (AvgIpc) is 2.54. The van der Waals surface area contributed by atoms with Gasteiger partial charge in [0.2, 0.25) is 0 Å². The van der Waals surface area contributed by atoms with Crippen molar-refractivity contribution in [2.45, 2.75) is 19.8 Å². The van der Waals surface area contributed by atoms with Crippen LogP contribution in [0.25, 0.3) is 0 Å². The SMILES string of the molecule is CCOC(=O)C(C)c1cccc(C(=O)c2ccccc2)c1. The molecule has 0 bridgehead atoms. The highest BCUT2D eigenvalue weighted by atomic mass is 16.5. The third-order valence-electron chi connectivity index (χ3n) is 3.32. The lowest BCUT2D eigenvalue weighted by molar-refractivity contribution is -0.144. The number of rotatable bonds is 5. The molecule has 3 nitrogen and oxygen atoms in total. The molecule has 0 aromatic heterocycles. The van der Waals surface area contributed by atoms with E-state index in [2.05, 4.69) is 0 Å². The van der Waals surface area contributed by atoms with Gasteiger partial charge in [-0.25, -0.2) is 0 Å². The zero-order chi connectivity index (χ0) is 15.2. The summed E-state index contributed by atoms with van der Waals surface area (Å²) in [5, 5.41) is 0. The summed E-state index contributed by atoms with van der Waals surface area (Å²) in [4.78, 5) is 24.2. The number of ketones is 1. The second kappa shape index (κ2) is 6.84. The van der Waals surface area contributed by atoms with E-state index in [1.807, 2.05) is 24.3 Å². The molecule has 0 aliphatic heterocycles. The van der Waals surface area contributed by atoms with Crippen molar-refractivity contribution in [2.75, 3.05) is 6.61 Å². The summed E-state index contributed by atoms with van der Waals surface area (Å²) in [5.74, 6) is -0.705. The van der Waals surface area contributed by atoms with Crippen LogP contribution in [0.5, 0.6) is 0 Å². The van der Waals surface area contributed by atoms with Crippen LogP contribution in [0.15, 0.2) is 54.6 Å². The molecule has 1 unspecified atom stereocenters. The Morgan fingerprint density at radius 2 is 1.67 bits per heavy atom. The van der Waals surface area contributed by atoms with Crippen LogP contribution in [-0.4, -0.2) is 18.4 Å². The van der Waals surface area contributed by atoms with Gasteiger partial charge in [0.1, 0.15) is 0 Å². The minimum atomic E-state index is -0.381. The molecule has 0 heterocycles. The van der Waals surface area contributed by atoms with Crippen molar-refractivity contribution in [3.63, 3.8) is 0 Å². The molecule has 0 fully saturated rings. The van der Waals surface area contributed by atoms with Gasteiger partial charge in [-0.1, -0.05) is 48.5 Å². The van der Waals surface area contributed by atoms with Crippen molar-refractivity contribution in [2.24, 2.45) is 0 Å². The van der Waals surface area contributed by atoms with Crippen LogP contribution in [-0.2, 0) is 9.53 Å². The number of hydrogen-bond acceptors (Lipinski definition) is 3. The Balaban J connectivity index is 2.26. The van der Waals surface area contributed by atoms with Crippen molar-refractivity contribution in [3.8, 4) is 0 Å². The number of benzene rings is 2. The second-order valence-corrected chi connectivity index (χ2v) is 4.79. The van der Waals surface area contributed by atoms with E-state index in [1.54, 1.807) is 44.2 Å². The number of carbonyl (C=O) groups excluding carboxylic acids is 2. The molecule has 108 valence electrons. The van der Waals surface area contributed by atoms with E-state index in [9.17, 15) is 9.59 Å². The monoisotopic (exact) mass is 282 g/mol. The maximum atomic E-state index is 12.4. The third-order valence-corrected chi connectivity index (χ3v) is 3.32. The Hall–Kier alpha value is -2.42. The van der Waals surface area contributed by atoms with Crippen LogP contribution in [0.4, 0.5) is 0 Å². The number of ether oxygens (including phenoxy) is 1. The van der Waals surface area contributed by atoms with Crippen LogP contribution in [0.1, 0.15) is 41.3 Å². The van der Waals surface area contributed by atoms with E-state index in [0.717, 1.165) is 5.56 Å². The van der Waals surface area contributed by atoms with Gasteiger partial charge in [0.15, 0.2) is 5.78 Å². The lowest BCUT2D eigenvalue weighted by atomic mass is 9.96. The molecule has 0 radical (unpaired) electrons. The predicted octanol–water partition coefficient (Wildman–Crippen LogP) is 3.58. The van der Waals surface area contributed by atoms with Gasteiger partial charge >= 0.3 is 5.97 Å². The van der Waals surface area contributed by atoms with Crippen molar-refractivity contribution in [3.05, 3.63) is 71.3 Å². The van der Waals surface area contributed by atoms with E-state index in [0.29, 0.717) is 17.7 Å². The molecule has 0 amide bonds. The van der Waals surface area contributed by atoms with E-state index < -0.39 is 0 Å². The molecule has 2 aromatic carbocycles. The summed E-state index contributed by atoms with van der Waals surface area (Å²) < 4.78 is 5.02. The van der Waals surface area contributed by atoms with Gasteiger partial charge in [0.25, 0.3) is 0 Å². The normalized spacial score (nSPS) is 11.7. The van der Waals surface area contributed by atoms with Crippen LogP contribution >= 0.6 is 0 Å². The summed E-state index contributed by atoms with van der Waals surface area (Å²) >= 11 is 0. The zero-order valence-electron chi connectivity index (χ0n) is 12.2. The summed E-state index contributed by atoms with van der Waals surface area (Å²) in [6.07, 6.45) is 0. The Labute approximate surface area is 124 Å². The van der Waals surface area contributed by atoms with E-state index in [-0.39, 0.29) is 17.7 Å². The van der Waals surface area contributed by atoms with Crippen LogP contribution in [0.3, 0.4) is 0 Å². The second-order valence-electron chi connectivity index (χ2n) is 4.79. The number of carbonyl (C=O) groups is 2. The fourth-order valence-electron chi connectivity index (χ4n) is 2.11. The molecule has 0 saturated carbocycles. The molecule has 21 heavy (non-hydrogen) atoms. The first-order valence-corrected chi connectivity index (χ1v) is 6.99. The van der Waals surface area contributed by atoms with Crippen molar-refractivity contribution in [1.82, 2.24) is 0 Å². The highest BCUT2D eigenvalue weighted by Gasteiger charge is 2.18. The highest BCUT2D eigenvalue weighted by molar-refractivity contribution is 6.09. The maximum Gasteiger partial charge on any atom is 0.313 e. The summed E-state index contributed by atoms with van der Waals surface area (Å²) in [6, 6.07) is 16.2. The molecular weight excluding hydrogens is 264 g/mol. The minimum Gasteiger partial charge on any atom is -0.466 e. The maximum absolute atomic E-state index is 12.4. The Bertz CT molecular complexity index is 632. The van der Waals surface area contributed by atoms with Gasteiger partial charge in [-0.05, 0) is 25.5 Å². The summed E-state index contributed by atoms with van der Waals surface area (Å²) in [7, 11) is 0. The van der Waals surface area contributed by atoms with Crippen LogP contribution in [0.2, 0.25) is 0 Å². The molecule has 1 atom stereocenters. The molecule has 3 heteroatoms. The lowest BCUT2D eigenvalue weighted by Gasteiger charge is -2.12. The summed E-state index contributed by atoms with van der Waals surface area (Å²) in [5.41, 5.74) is 2.00. The van der Waals surface area contributed by atoms with Gasteiger partial charge < -0.3 is 4.74 Å². The minimum absolute atomic E-state index is 0.0477. The van der Waals surface area contributed by atoms with Crippen molar-refractivity contribution < 1.29 is 14.3 Å². The largest absolute Gasteiger partial charge is 0.466 e. The zero-order valence-corrected chi connectivity index (χ0v) is 12.2. The van der Waals surface area contributed by atoms with Gasteiger partial charge in [0, 0.05) is 11.1 Å². The standard InChI is InChI=1S/C18H18O3/c1-3-21-18(20)13(2)15-10-7-11-16(12-15)17(19)14-8-5-4-6-9-14/h4-13H,3H2,1-2H3. The van der Waals surface area contributed by atoms with Crippen LogP contribution in [0, 0.1) is 0 Å². The lowest BCUT2D eigenvalue weighted by Crippen LogP contribution is -2.13. The molecule has 2 aromatic rings. The van der Waals surface area contributed by atoms with E-state index in [4.69, 9.17) is 4.74 Å². The molecule has 2 rings (SSSR count). The Kier molecular flexibility index (Phi) is 4.88. The Morgan fingerprint density at radius 3 is 2.33 bits per heavy atom. The Morgan fingerprint density at radius 1 is 1.00 bits per heavy atom. The summed E-state index contributed by atoms with van der Waals surface area (Å²) in [6.45, 7) is 3.91. The van der Waals surface area contributed by atoms with Gasteiger partial charge in [-0.2, -0.15) is 0 Å². The van der Waals surface area contributed by atoms with Crippen LogP contribution < -0.4 is 0 Å². The van der Waals surface area contributed by atoms with E-state index in [1.165, 1.54) is 0 Å². The first-order chi connectivity index (χ1) is 10.1. The van der Waals surface area contributed by atoms with E-state index >= 15 is 0 Å². The quantitative estimate of drug-likeness (QED) is 0.622. The first kappa shape index (κ1) is 15.0.